The minimum atomic E-state index is -0.314. The highest BCUT2D eigenvalue weighted by atomic mass is 32.1. The monoisotopic (exact) mass is 313 g/mol. The van der Waals surface area contributed by atoms with Crippen molar-refractivity contribution in [2.45, 2.75) is 0 Å². The molecule has 2 aromatic heterocycles. The van der Waals surface area contributed by atoms with E-state index in [-0.39, 0.29) is 22.9 Å². The molecule has 2 N–H and O–H groups in total. The van der Waals surface area contributed by atoms with Crippen LogP contribution in [0.4, 0.5) is 0 Å². The molecule has 0 saturated heterocycles. The van der Waals surface area contributed by atoms with E-state index < -0.39 is 0 Å². The number of carbonyl (C=O) groups is 1. The van der Waals surface area contributed by atoms with Gasteiger partial charge in [0.25, 0.3) is 5.56 Å². The van der Waals surface area contributed by atoms with Gasteiger partial charge in [0.1, 0.15) is 5.75 Å². The Morgan fingerprint density at radius 2 is 2.14 bits per heavy atom. The summed E-state index contributed by atoms with van der Waals surface area (Å²) in [6.45, 7) is 0. The lowest BCUT2D eigenvalue weighted by molar-refractivity contribution is 0.103. The Bertz CT molecular complexity index is 980. The SMILES string of the molecule is O=C(/C=c1/[nH]c(=O)/c(=C/c2cccc(O)c2)s1)c1ccco1. The normalized spacial score (nSPS) is 12.7. The fraction of sp³-hybridized carbons (Fsp3) is 0. The maximum Gasteiger partial charge on any atom is 0.266 e. The standard InChI is InChI=1S/C16H11NO4S/c18-11-4-1-3-10(7-11)8-14-16(20)17-15(22-14)9-12(19)13-5-2-6-21-13/h1-9,18H,(H,17,20)/b14-8-,15-9-. The van der Waals surface area contributed by atoms with Crippen molar-refractivity contribution in [3.8, 4) is 5.75 Å². The van der Waals surface area contributed by atoms with Crippen LogP contribution in [0.2, 0.25) is 0 Å². The van der Waals surface area contributed by atoms with E-state index in [0.29, 0.717) is 14.8 Å². The predicted molar refractivity (Wildman–Crippen MR) is 83.4 cm³/mol. The van der Waals surface area contributed by atoms with Crippen molar-refractivity contribution in [2.24, 2.45) is 0 Å². The number of aromatic hydroxyl groups is 1. The molecule has 0 fully saturated rings. The summed E-state index contributed by atoms with van der Waals surface area (Å²) in [7, 11) is 0. The first-order valence-corrected chi connectivity index (χ1v) is 7.23. The maximum absolute atomic E-state index is 11.9. The van der Waals surface area contributed by atoms with Gasteiger partial charge in [-0.05, 0) is 35.9 Å². The Kier molecular flexibility index (Phi) is 3.76. The Labute approximate surface area is 128 Å². The van der Waals surface area contributed by atoms with Gasteiger partial charge in [-0.1, -0.05) is 12.1 Å². The summed E-state index contributed by atoms with van der Waals surface area (Å²) in [5.74, 6) is 0.0284. The molecule has 0 saturated carbocycles. The first-order valence-electron chi connectivity index (χ1n) is 6.41. The number of furan rings is 1. The third-order valence-corrected chi connectivity index (χ3v) is 3.84. The van der Waals surface area contributed by atoms with Gasteiger partial charge in [-0.2, -0.15) is 0 Å². The lowest BCUT2D eigenvalue weighted by Gasteiger charge is -1.92. The number of hydrogen-bond acceptors (Lipinski definition) is 5. The highest BCUT2D eigenvalue weighted by molar-refractivity contribution is 7.07. The number of H-pyrrole nitrogens is 1. The molecule has 0 radical (unpaired) electrons. The van der Waals surface area contributed by atoms with Gasteiger partial charge in [0.15, 0.2) is 5.76 Å². The highest BCUT2D eigenvalue weighted by Gasteiger charge is 2.05. The molecule has 0 amide bonds. The zero-order valence-corrected chi connectivity index (χ0v) is 12.1. The fourth-order valence-corrected chi connectivity index (χ4v) is 2.78. The zero-order valence-electron chi connectivity index (χ0n) is 11.3. The average molecular weight is 313 g/mol. The van der Waals surface area contributed by atoms with E-state index in [1.807, 2.05) is 0 Å². The number of benzene rings is 1. The molecule has 0 aliphatic heterocycles. The van der Waals surface area contributed by atoms with Crippen LogP contribution in [0.15, 0.2) is 51.9 Å². The number of ketones is 1. The number of aromatic nitrogens is 1. The number of rotatable bonds is 3. The summed E-state index contributed by atoms with van der Waals surface area (Å²) < 4.78 is 5.90. The van der Waals surface area contributed by atoms with Crippen LogP contribution >= 0.6 is 11.3 Å². The van der Waals surface area contributed by atoms with Crippen molar-refractivity contribution in [1.82, 2.24) is 4.98 Å². The summed E-state index contributed by atoms with van der Waals surface area (Å²) in [6, 6.07) is 9.75. The molecule has 1 aromatic carbocycles. The first-order chi connectivity index (χ1) is 10.6. The number of Topliss-reactive ketones (excluding diaryl/α,β-unsaturated/α-hetero) is 1. The largest absolute Gasteiger partial charge is 0.508 e. The summed E-state index contributed by atoms with van der Waals surface area (Å²) in [5.41, 5.74) is 0.420. The molecular formula is C16H11NO4S. The van der Waals surface area contributed by atoms with Crippen LogP contribution in [0.5, 0.6) is 5.75 Å². The Morgan fingerprint density at radius 1 is 1.27 bits per heavy atom. The van der Waals surface area contributed by atoms with E-state index in [2.05, 4.69) is 4.98 Å². The van der Waals surface area contributed by atoms with E-state index in [1.165, 1.54) is 12.3 Å². The minimum absolute atomic E-state index is 0.126. The molecule has 5 nitrogen and oxygen atoms in total. The molecule has 3 rings (SSSR count). The van der Waals surface area contributed by atoms with Crippen LogP contribution in [0.25, 0.3) is 12.2 Å². The summed E-state index contributed by atoms with van der Waals surface area (Å²) in [4.78, 5) is 26.4. The zero-order chi connectivity index (χ0) is 15.5. The number of phenolic OH excluding ortho intramolecular Hbond substituents is 1. The molecule has 6 heteroatoms. The Morgan fingerprint density at radius 3 is 2.86 bits per heavy atom. The van der Waals surface area contributed by atoms with Crippen molar-refractivity contribution in [3.05, 3.63) is 73.5 Å². The lowest BCUT2D eigenvalue weighted by atomic mass is 10.2. The van der Waals surface area contributed by atoms with Crippen molar-refractivity contribution < 1.29 is 14.3 Å². The van der Waals surface area contributed by atoms with Crippen molar-refractivity contribution in [1.29, 1.82) is 0 Å². The molecule has 0 unspecified atom stereocenters. The molecule has 110 valence electrons. The summed E-state index contributed by atoms with van der Waals surface area (Å²) in [6.07, 6.45) is 4.39. The Balaban J connectivity index is 2.01. The second kappa shape index (κ2) is 5.87. The minimum Gasteiger partial charge on any atom is -0.508 e. The molecule has 3 aromatic rings. The van der Waals surface area contributed by atoms with Gasteiger partial charge in [-0.25, -0.2) is 0 Å². The van der Waals surface area contributed by atoms with E-state index in [4.69, 9.17) is 4.42 Å². The molecule has 0 atom stereocenters. The van der Waals surface area contributed by atoms with Crippen LogP contribution in [0, 0.1) is 0 Å². The number of nitrogens with one attached hydrogen (secondary N) is 1. The smallest absolute Gasteiger partial charge is 0.266 e. The van der Waals surface area contributed by atoms with Gasteiger partial charge in [0.05, 0.1) is 15.5 Å². The second-order valence-electron chi connectivity index (χ2n) is 4.51. The van der Waals surface area contributed by atoms with Crippen LogP contribution < -0.4 is 14.8 Å². The third kappa shape index (κ3) is 3.07. The van der Waals surface area contributed by atoms with E-state index in [9.17, 15) is 14.7 Å². The second-order valence-corrected chi connectivity index (χ2v) is 5.59. The fourth-order valence-electron chi connectivity index (χ4n) is 1.90. The molecule has 0 aliphatic rings. The quantitative estimate of drug-likeness (QED) is 0.712. The van der Waals surface area contributed by atoms with Crippen molar-refractivity contribution >= 4 is 29.3 Å². The number of carbonyl (C=O) groups excluding carboxylic acids is 1. The molecule has 0 bridgehead atoms. The van der Waals surface area contributed by atoms with Crippen LogP contribution in [-0.4, -0.2) is 15.9 Å². The number of phenols is 1. The molecule has 22 heavy (non-hydrogen) atoms. The van der Waals surface area contributed by atoms with Gasteiger partial charge >= 0.3 is 0 Å². The van der Waals surface area contributed by atoms with Gasteiger partial charge in [-0.3, -0.25) is 9.59 Å². The van der Waals surface area contributed by atoms with Gasteiger partial charge < -0.3 is 14.5 Å². The third-order valence-electron chi connectivity index (χ3n) is 2.87. The van der Waals surface area contributed by atoms with Crippen molar-refractivity contribution in [3.63, 3.8) is 0 Å². The first kappa shape index (κ1) is 14.1. The van der Waals surface area contributed by atoms with Crippen LogP contribution in [0.1, 0.15) is 16.1 Å². The summed E-state index contributed by atoms with van der Waals surface area (Å²) in [5, 5.41) is 9.43. The highest BCUT2D eigenvalue weighted by Crippen LogP contribution is 2.10. The molecule has 0 aliphatic carbocycles. The number of thiazole rings is 1. The van der Waals surface area contributed by atoms with E-state index in [1.54, 1.807) is 42.5 Å². The lowest BCUT2D eigenvalue weighted by Crippen LogP contribution is -2.19. The van der Waals surface area contributed by atoms with E-state index >= 15 is 0 Å². The van der Waals surface area contributed by atoms with Gasteiger partial charge in [-0.15, -0.1) is 11.3 Å². The Hall–Kier alpha value is -2.86. The maximum atomic E-state index is 11.9. The molecule has 2 heterocycles. The van der Waals surface area contributed by atoms with E-state index in [0.717, 1.165) is 11.3 Å². The van der Waals surface area contributed by atoms with Gasteiger partial charge in [0.2, 0.25) is 5.78 Å². The molecular weight excluding hydrogens is 302 g/mol. The number of hydrogen-bond donors (Lipinski definition) is 2. The average Bonchev–Trinajstić information content (AvgIpc) is 3.10. The van der Waals surface area contributed by atoms with Crippen LogP contribution in [-0.2, 0) is 0 Å². The van der Waals surface area contributed by atoms with Crippen LogP contribution in [0.3, 0.4) is 0 Å². The van der Waals surface area contributed by atoms with Crippen molar-refractivity contribution in [2.75, 3.05) is 0 Å². The summed E-state index contributed by atoms with van der Waals surface area (Å²) >= 11 is 1.16. The molecule has 0 spiro atoms. The predicted octanol–water partition coefficient (Wildman–Crippen LogP) is 1.23. The number of aromatic amines is 1. The van der Waals surface area contributed by atoms with Gasteiger partial charge in [0, 0.05) is 6.08 Å². The topological polar surface area (TPSA) is 83.3 Å².